The highest BCUT2D eigenvalue weighted by atomic mass is 32.2. The van der Waals surface area contributed by atoms with Crippen molar-refractivity contribution in [3.63, 3.8) is 0 Å². The Balaban J connectivity index is 1.86. The standard InChI is InChI=1S/C13H19NOS/c1-2-3-9-16-14-13(12-10-15-12)11-7-5-4-6-8-11/h4-8,12-14H,2-3,9-10H2,1H3/t12-,13?/m0/s1. The average molecular weight is 237 g/mol. The molecule has 1 aliphatic heterocycles. The lowest BCUT2D eigenvalue weighted by Gasteiger charge is -2.16. The summed E-state index contributed by atoms with van der Waals surface area (Å²) in [5, 5.41) is 0. The van der Waals surface area contributed by atoms with Crippen LogP contribution in [-0.2, 0) is 4.74 Å². The predicted octanol–water partition coefficient (Wildman–Crippen LogP) is 3.16. The maximum atomic E-state index is 5.41. The van der Waals surface area contributed by atoms with Gasteiger partial charge in [-0.05, 0) is 12.0 Å². The molecule has 0 spiro atoms. The summed E-state index contributed by atoms with van der Waals surface area (Å²) >= 11 is 1.82. The van der Waals surface area contributed by atoms with E-state index >= 15 is 0 Å². The summed E-state index contributed by atoms with van der Waals surface area (Å²) < 4.78 is 8.93. The molecule has 2 atom stereocenters. The molecule has 1 N–H and O–H groups in total. The number of epoxide rings is 1. The van der Waals surface area contributed by atoms with Crippen LogP contribution in [0.4, 0.5) is 0 Å². The molecule has 0 aliphatic carbocycles. The summed E-state index contributed by atoms with van der Waals surface area (Å²) in [7, 11) is 0. The highest BCUT2D eigenvalue weighted by molar-refractivity contribution is 7.97. The Morgan fingerprint density at radius 1 is 1.44 bits per heavy atom. The van der Waals surface area contributed by atoms with Crippen LogP contribution in [0.25, 0.3) is 0 Å². The van der Waals surface area contributed by atoms with E-state index < -0.39 is 0 Å². The van der Waals surface area contributed by atoms with E-state index in [0.717, 1.165) is 6.61 Å². The lowest BCUT2D eigenvalue weighted by molar-refractivity contribution is 0.368. The smallest absolute Gasteiger partial charge is 0.101 e. The van der Waals surface area contributed by atoms with E-state index in [1.165, 1.54) is 24.2 Å². The zero-order valence-electron chi connectivity index (χ0n) is 9.69. The van der Waals surface area contributed by atoms with E-state index in [0.29, 0.717) is 12.1 Å². The minimum atomic E-state index is 0.350. The van der Waals surface area contributed by atoms with E-state index in [9.17, 15) is 0 Å². The first kappa shape index (κ1) is 12.0. The largest absolute Gasteiger partial charge is 0.371 e. The molecule has 1 unspecified atom stereocenters. The van der Waals surface area contributed by atoms with Crippen molar-refractivity contribution < 1.29 is 4.74 Å². The summed E-state index contributed by atoms with van der Waals surface area (Å²) in [5.41, 5.74) is 1.33. The van der Waals surface area contributed by atoms with Gasteiger partial charge in [-0.25, -0.2) is 0 Å². The van der Waals surface area contributed by atoms with Gasteiger partial charge in [-0.1, -0.05) is 55.6 Å². The van der Waals surface area contributed by atoms with Crippen LogP contribution in [0.3, 0.4) is 0 Å². The topological polar surface area (TPSA) is 24.6 Å². The van der Waals surface area contributed by atoms with Crippen molar-refractivity contribution in [2.75, 3.05) is 12.4 Å². The van der Waals surface area contributed by atoms with Crippen LogP contribution in [0.15, 0.2) is 30.3 Å². The molecule has 1 heterocycles. The minimum absolute atomic E-state index is 0.350. The Morgan fingerprint density at radius 3 is 2.81 bits per heavy atom. The van der Waals surface area contributed by atoms with Gasteiger partial charge in [0.2, 0.25) is 0 Å². The first-order valence-electron chi connectivity index (χ1n) is 5.95. The fourth-order valence-corrected chi connectivity index (χ4v) is 2.65. The van der Waals surface area contributed by atoms with Gasteiger partial charge in [0.1, 0.15) is 6.10 Å². The molecule has 16 heavy (non-hydrogen) atoms. The Kier molecular flexibility index (Phi) is 4.69. The second-order valence-electron chi connectivity index (χ2n) is 4.08. The van der Waals surface area contributed by atoms with E-state index in [4.69, 9.17) is 4.74 Å². The van der Waals surface area contributed by atoms with Crippen molar-refractivity contribution >= 4 is 11.9 Å². The highest BCUT2D eigenvalue weighted by Crippen LogP contribution is 2.29. The molecule has 0 bridgehead atoms. The molecule has 0 aromatic heterocycles. The molecule has 1 aromatic rings. The number of ether oxygens (including phenoxy) is 1. The van der Waals surface area contributed by atoms with Crippen LogP contribution in [0.5, 0.6) is 0 Å². The number of hydrogen-bond donors (Lipinski definition) is 1. The van der Waals surface area contributed by atoms with Crippen LogP contribution in [0, 0.1) is 0 Å². The van der Waals surface area contributed by atoms with Gasteiger partial charge in [0.15, 0.2) is 0 Å². The Bertz CT molecular complexity index is 300. The van der Waals surface area contributed by atoms with Crippen molar-refractivity contribution in [1.29, 1.82) is 0 Å². The monoisotopic (exact) mass is 237 g/mol. The molecule has 1 aliphatic rings. The van der Waals surface area contributed by atoms with Gasteiger partial charge in [-0.2, -0.15) is 0 Å². The zero-order chi connectivity index (χ0) is 11.2. The molecule has 0 saturated carbocycles. The molecule has 88 valence electrons. The molecular formula is C13H19NOS. The minimum Gasteiger partial charge on any atom is -0.371 e. The van der Waals surface area contributed by atoms with Crippen LogP contribution >= 0.6 is 11.9 Å². The maximum absolute atomic E-state index is 5.41. The van der Waals surface area contributed by atoms with Crippen LogP contribution < -0.4 is 4.72 Å². The molecule has 1 fully saturated rings. The Labute approximate surface area is 102 Å². The zero-order valence-corrected chi connectivity index (χ0v) is 10.5. The first-order chi connectivity index (χ1) is 7.92. The lowest BCUT2D eigenvalue weighted by atomic mass is 10.1. The fraction of sp³-hybridized carbons (Fsp3) is 0.538. The molecule has 3 heteroatoms. The Morgan fingerprint density at radius 2 is 2.19 bits per heavy atom. The normalized spacial score (nSPS) is 20.7. The summed E-state index contributed by atoms with van der Waals surface area (Å²) in [4.78, 5) is 0. The SMILES string of the molecule is CCCCSNC(c1ccccc1)[C@@H]1CO1. The lowest BCUT2D eigenvalue weighted by Crippen LogP contribution is -2.20. The molecule has 1 saturated heterocycles. The van der Waals surface area contributed by atoms with Gasteiger partial charge in [0, 0.05) is 5.75 Å². The van der Waals surface area contributed by atoms with Crippen molar-refractivity contribution in [3.05, 3.63) is 35.9 Å². The van der Waals surface area contributed by atoms with Gasteiger partial charge in [-0.15, -0.1) is 0 Å². The summed E-state index contributed by atoms with van der Waals surface area (Å²) in [6.45, 7) is 3.11. The molecule has 2 rings (SSSR count). The quantitative estimate of drug-likeness (QED) is 0.448. The fourth-order valence-electron chi connectivity index (χ4n) is 1.63. The maximum Gasteiger partial charge on any atom is 0.101 e. The molecule has 0 amide bonds. The number of rotatable bonds is 7. The molecular weight excluding hydrogens is 218 g/mol. The van der Waals surface area contributed by atoms with Crippen LogP contribution in [0.1, 0.15) is 31.4 Å². The summed E-state index contributed by atoms with van der Waals surface area (Å²) in [6.07, 6.45) is 2.89. The third-order valence-electron chi connectivity index (χ3n) is 2.70. The highest BCUT2D eigenvalue weighted by Gasteiger charge is 2.33. The van der Waals surface area contributed by atoms with E-state index in [1.54, 1.807) is 0 Å². The summed E-state index contributed by atoms with van der Waals surface area (Å²) in [6, 6.07) is 10.9. The van der Waals surface area contributed by atoms with E-state index in [-0.39, 0.29) is 0 Å². The van der Waals surface area contributed by atoms with Crippen molar-refractivity contribution in [1.82, 2.24) is 4.72 Å². The Hall–Kier alpha value is -0.510. The van der Waals surface area contributed by atoms with E-state index in [2.05, 4.69) is 42.0 Å². The molecule has 2 nitrogen and oxygen atoms in total. The third kappa shape index (κ3) is 3.51. The van der Waals surface area contributed by atoms with Crippen LogP contribution in [0.2, 0.25) is 0 Å². The van der Waals surface area contributed by atoms with Gasteiger partial charge in [0.05, 0.1) is 12.6 Å². The predicted molar refractivity (Wildman–Crippen MR) is 69.4 cm³/mol. The molecule has 0 radical (unpaired) electrons. The van der Waals surface area contributed by atoms with Crippen LogP contribution in [-0.4, -0.2) is 18.5 Å². The number of unbranched alkanes of at least 4 members (excludes halogenated alkanes) is 1. The average Bonchev–Trinajstić information content (AvgIpc) is 3.15. The van der Waals surface area contributed by atoms with Gasteiger partial charge >= 0.3 is 0 Å². The molecule has 1 aromatic carbocycles. The summed E-state index contributed by atoms with van der Waals surface area (Å²) in [5.74, 6) is 1.17. The second-order valence-corrected chi connectivity index (χ2v) is 5.01. The third-order valence-corrected chi connectivity index (χ3v) is 3.61. The van der Waals surface area contributed by atoms with E-state index in [1.807, 2.05) is 11.9 Å². The van der Waals surface area contributed by atoms with Gasteiger partial charge in [0.25, 0.3) is 0 Å². The second kappa shape index (κ2) is 6.28. The van der Waals surface area contributed by atoms with Crippen molar-refractivity contribution in [2.45, 2.75) is 31.9 Å². The van der Waals surface area contributed by atoms with Gasteiger partial charge < -0.3 is 4.74 Å². The number of hydrogen-bond acceptors (Lipinski definition) is 3. The number of benzene rings is 1. The first-order valence-corrected chi connectivity index (χ1v) is 6.94. The number of nitrogens with one attached hydrogen (secondary N) is 1. The van der Waals surface area contributed by atoms with Crippen molar-refractivity contribution in [2.24, 2.45) is 0 Å². The van der Waals surface area contributed by atoms with Crippen molar-refractivity contribution in [3.8, 4) is 0 Å². The van der Waals surface area contributed by atoms with Gasteiger partial charge in [-0.3, -0.25) is 4.72 Å².